The lowest BCUT2D eigenvalue weighted by Gasteiger charge is -2.41. The second-order valence-corrected chi connectivity index (χ2v) is 5.11. The summed E-state index contributed by atoms with van der Waals surface area (Å²) in [7, 11) is 0. The average molecular weight is 261 g/mol. The van der Waals surface area contributed by atoms with E-state index in [1.807, 2.05) is 31.2 Å². The summed E-state index contributed by atoms with van der Waals surface area (Å²) in [6.45, 7) is 12.4. The normalized spacial score (nSPS) is 11.9. The van der Waals surface area contributed by atoms with Crippen LogP contribution in [0.25, 0.3) is 0 Å². The third-order valence-electron chi connectivity index (χ3n) is 4.24. The molecule has 0 spiro atoms. The maximum absolute atomic E-state index is 13.0. The highest BCUT2D eigenvalue weighted by atomic mass is 16.1. The van der Waals surface area contributed by atoms with E-state index in [1.165, 1.54) is 0 Å². The van der Waals surface area contributed by atoms with E-state index in [9.17, 15) is 4.79 Å². The van der Waals surface area contributed by atoms with Gasteiger partial charge < -0.3 is 0 Å². The number of hydrogen-bond acceptors (Lipinski definition) is 2. The molecule has 0 heterocycles. The molecule has 0 N–H and O–H groups in total. The number of rotatable bonds is 7. The molecular weight excluding hydrogens is 234 g/mol. The molecule has 0 atom stereocenters. The van der Waals surface area contributed by atoms with Crippen molar-refractivity contribution in [2.75, 3.05) is 13.1 Å². The Bertz CT molecular complexity index is 417. The van der Waals surface area contributed by atoms with Crippen molar-refractivity contribution in [3.05, 3.63) is 35.4 Å². The molecule has 0 aliphatic heterocycles. The van der Waals surface area contributed by atoms with E-state index in [0.29, 0.717) is 0 Å². The predicted octanol–water partition coefficient (Wildman–Crippen LogP) is 4.08. The van der Waals surface area contributed by atoms with Gasteiger partial charge in [-0.25, -0.2) is 0 Å². The van der Waals surface area contributed by atoms with Crippen LogP contribution in [0.4, 0.5) is 0 Å². The van der Waals surface area contributed by atoms with E-state index >= 15 is 0 Å². The third kappa shape index (κ3) is 3.06. The van der Waals surface area contributed by atoms with Gasteiger partial charge in [0, 0.05) is 5.56 Å². The molecule has 1 aromatic rings. The lowest BCUT2D eigenvalue weighted by molar-refractivity contribution is 0.0535. The number of carbonyl (C=O) groups excluding carboxylic acids is 1. The van der Waals surface area contributed by atoms with Crippen LogP contribution >= 0.6 is 0 Å². The van der Waals surface area contributed by atoms with Crippen LogP contribution in [0.15, 0.2) is 24.3 Å². The molecule has 0 radical (unpaired) electrons. The van der Waals surface area contributed by atoms with Crippen molar-refractivity contribution in [1.29, 1.82) is 0 Å². The highest BCUT2D eigenvalue weighted by Gasteiger charge is 2.39. The minimum Gasteiger partial charge on any atom is -0.292 e. The van der Waals surface area contributed by atoms with Crippen LogP contribution in [0, 0.1) is 6.92 Å². The third-order valence-corrected chi connectivity index (χ3v) is 4.24. The summed E-state index contributed by atoms with van der Waals surface area (Å²) in [6.07, 6.45) is 1.72. The fraction of sp³-hybridized carbons (Fsp3) is 0.588. The number of carbonyl (C=O) groups is 1. The number of hydrogen-bond donors (Lipinski definition) is 0. The fourth-order valence-corrected chi connectivity index (χ4v) is 3.05. The van der Waals surface area contributed by atoms with Crippen molar-refractivity contribution in [3.63, 3.8) is 0 Å². The monoisotopic (exact) mass is 261 g/mol. The van der Waals surface area contributed by atoms with Gasteiger partial charge in [0.1, 0.15) is 0 Å². The minimum absolute atomic E-state index is 0.268. The van der Waals surface area contributed by atoms with Gasteiger partial charge in [-0.2, -0.15) is 0 Å². The van der Waals surface area contributed by atoms with Gasteiger partial charge in [0.15, 0.2) is 5.78 Å². The summed E-state index contributed by atoms with van der Waals surface area (Å²) in [5.41, 5.74) is 1.64. The fourth-order valence-electron chi connectivity index (χ4n) is 3.05. The zero-order chi connectivity index (χ0) is 14.5. The Morgan fingerprint density at radius 3 is 2.11 bits per heavy atom. The quantitative estimate of drug-likeness (QED) is 0.689. The van der Waals surface area contributed by atoms with Crippen LogP contribution in [-0.4, -0.2) is 29.3 Å². The average Bonchev–Trinajstić information content (AvgIpc) is 2.44. The van der Waals surface area contributed by atoms with E-state index < -0.39 is 0 Å². The molecule has 0 aliphatic rings. The van der Waals surface area contributed by atoms with Crippen LogP contribution in [-0.2, 0) is 0 Å². The highest BCUT2D eigenvalue weighted by Crippen LogP contribution is 2.28. The number of ketones is 1. The molecular formula is C17H27NO. The molecule has 106 valence electrons. The lowest BCUT2D eigenvalue weighted by Crippen LogP contribution is -2.53. The zero-order valence-electron chi connectivity index (χ0n) is 13.0. The minimum atomic E-state index is -0.350. The molecule has 0 amide bonds. The molecule has 0 saturated carbocycles. The van der Waals surface area contributed by atoms with Crippen molar-refractivity contribution in [2.24, 2.45) is 0 Å². The van der Waals surface area contributed by atoms with Gasteiger partial charge >= 0.3 is 0 Å². The summed E-state index contributed by atoms with van der Waals surface area (Å²) in [6, 6.07) is 7.96. The Kier molecular flexibility index (Phi) is 5.74. The SMILES string of the molecule is CCN(CC)C(CC)(CC)C(=O)c1cccc(C)c1. The first-order chi connectivity index (χ1) is 9.05. The van der Waals surface area contributed by atoms with E-state index in [4.69, 9.17) is 0 Å². The Morgan fingerprint density at radius 1 is 1.11 bits per heavy atom. The van der Waals surface area contributed by atoms with Gasteiger partial charge in [-0.15, -0.1) is 0 Å². The molecule has 1 aromatic carbocycles. The van der Waals surface area contributed by atoms with Crippen LogP contribution in [0.2, 0.25) is 0 Å². The van der Waals surface area contributed by atoms with Crippen LogP contribution < -0.4 is 0 Å². The summed E-state index contributed by atoms with van der Waals surface area (Å²) < 4.78 is 0. The molecule has 0 unspecified atom stereocenters. The van der Waals surface area contributed by atoms with Gasteiger partial charge in [0.25, 0.3) is 0 Å². The molecule has 0 aromatic heterocycles. The van der Waals surface area contributed by atoms with Gasteiger partial charge in [-0.3, -0.25) is 9.69 Å². The molecule has 1 rings (SSSR count). The van der Waals surface area contributed by atoms with E-state index in [0.717, 1.165) is 37.1 Å². The second kappa shape index (κ2) is 6.85. The van der Waals surface area contributed by atoms with Gasteiger partial charge in [0.2, 0.25) is 0 Å². The van der Waals surface area contributed by atoms with Crippen molar-refractivity contribution < 1.29 is 4.79 Å². The van der Waals surface area contributed by atoms with Crippen molar-refractivity contribution in [2.45, 2.75) is 53.0 Å². The summed E-state index contributed by atoms with van der Waals surface area (Å²) in [5, 5.41) is 0. The number of Topliss-reactive ketones (excluding diaryl/α,β-unsaturated/α-hetero) is 1. The molecule has 0 bridgehead atoms. The van der Waals surface area contributed by atoms with E-state index in [-0.39, 0.29) is 11.3 Å². The zero-order valence-corrected chi connectivity index (χ0v) is 13.0. The largest absolute Gasteiger partial charge is 0.292 e. The van der Waals surface area contributed by atoms with Crippen molar-refractivity contribution in [1.82, 2.24) is 4.90 Å². The number of likely N-dealkylation sites (N-methyl/N-ethyl adjacent to an activating group) is 1. The topological polar surface area (TPSA) is 20.3 Å². The van der Waals surface area contributed by atoms with Gasteiger partial charge in [-0.05, 0) is 38.9 Å². The van der Waals surface area contributed by atoms with Crippen LogP contribution in [0.1, 0.15) is 56.5 Å². The summed E-state index contributed by atoms with van der Waals surface area (Å²) in [4.78, 5) is 15.3. The predicted molar refractivity (Wildman–Crippen MR) is 81.7 cm³/mol. The smallest absolute Gasteiger partial charge is 0.183 e. The molecule has 2 heteroatoms. The Hall–Kier alpha value is -1.15. The maximum atomic E-state index is 13.0. The van der Waals surface area contributed by atoms with E-state index in [2.05, 4.69) is 32.6 Å². The first kappa shape index (κ1) is 15.9. The maximum Gasteiger partial charge on any atom is 0.183 e. The van der Waals surface area contributed by atoms with Gasteiger partial charge in [-0.1, -0.05) is 51.5 Å². The van der Waals surface area contributed by atoms with Crippen LogP contribution in [0.5, 0.6) is 0 Å². The summed E-state index contributed by atoms with van der Waals surface area (Å²) in [5.74, 6) is 0.268. The van der Waals surface area contributed by atoms with Gasteiger partial charge in [0.05, 0.1) is 5.54 Å². The van der Waals surface area contributed by atoms with Crippen LogP contribution in [0.3, 0.4) is 0 Å². The standard InChI is InChI=1S/C17H27NO/c1-6-17(7-2,18(8-3)9-4)16(19)15-12-10-11-14(5)13-15/h10-13H,6-9H2,1-5H3. The molecule has 0 saturated heterocycles. The Morgan fingerprint density at radius 2 is 1.68 bits per heavy atom. The number of benzene rings is 1. The molecule has 0 aliphatic carbocycles. The van der Waals surface area contributed by atoms with Crippen molar-refractivity contribution >= 4 is 5.78 Å². The Balaban J connectivity index is 3.22. The number of aryl methyl sites for hydroxylation is 1. The van der Waals surface area contributed by atoms with Crippen molar-refractivity contribution in [3.8, 4) is 0 Å². The first-order valence-corrected chi connectivity index (χ1v) is 7.42. The Labute approximate surface area is 117 Å². The molecule has 0 fully saturated rings. The summed E-state index contributed by atoms with van der Waals surface area (Å²) >= 11 is 0. The second-order valence-electron chi connectivity index (χ2n) is 5.11. The first-order valence-electron chi connectivity index (χ1n) is 7.42. The number of nitrogens with zero attached hydrogens (tertiary/aromatic N) is 1. The van der Waals surface area contributed by atoms with E-state index in [1.54, 1.807) is 0 Å². The highest BCUT2D eigenvalue weighted by molar-refractivity contribution is 6.03. The molecule has 19 heavy (non-hydrogen) atoms. The lowest BCUT2D eigenvalue weighted by atomic mass is 9.82. The molecule has 2 nitrogen and oxygen atoms in total.